The summed E-state index contributed by atoms with van der Waals surface area (Å²) < 4.78 is 14.4. The highest BCUT2D eigenvalue weighted by Gasteiger charge is 2.15. The van der Waals surface area contributed by atoms with Crippen LogP contribution in [-0.4, -0.2) is 17.2 Å². The molecule has 0 saturated carbocycles. The predicted octanol–water partition coefficient (Wildman–Crippen LogP) is 3.62. The van der Waals surface area contributed by atoms with Crippen LogP contribution in [-0.2, 0) is 4.79 Å². The molecule has 21 heavy (non-hydrogen) atoms. The molecule has 0 aliphatic heterocycles. The monoisotopic (exact) mass is 306 g/mol. The Kier molecular flexibility index (Phi) is 4.33. The van der Waals surface area contributed by atoms with Gasteiger partial charge >= 0.3 is 0 Å². The SMILES string of the molecule is CC(=O)Nc1cc(-c2ccc(Cl)c(C)c2F)c(C=O)cn1. The first kappa shape index (κ1) is 15.1. The van der Waals surface area contributed by atoms with Gasteiger partial charge in [0.2, 0.25) is 5.91 Å². The van der Waals surface area contributed by atoms with Gasteiger partial charge in [-0.2, -0.15) is 0 Å². The molecule has 6 heteroatoms. The van der Waals surface area contributed by atoms with E-state index in [1.807, 2.05) is 0 Å². The van der Waals surface area contributed by atoms with E-state index in [0.717, 1.165) is 0 Å². The maximum Gasteiger partial charge on any atom is 0.222 e. The lowest BCUT2D eigenvalue weighted by Crippen LogP contribution is -2.08. The zero-order valence-corrected chi connectivity index (χ0v) is 12.2. The first-order valence-electron chi connectivity index (χ1n) is 6.11. The van der Waals surface area contributed by atoms with Crippen molar-refractivity contribution in [3.8, 4) is 11.1 Å². The van der Waals surface area contributed by atoms with Crippen molar-refractivity contribution < 1.29 is 14.0 Å². The molecule has 0 atom stereocenters. The molecule has 0 spiro atoms. The molecule has 108 valence electrons. The maximum atomic E-state index is 14.4. The van der Waals surface area contributed by atoms with Crippen LogP contribution in [0, 0.1) is 12.7 Å². The molecule has 0 fully saturated rings. The molecule has 1 heterocycles. The highest BCUT2D eigenvalue weighted by molar-refractivity contribution is 6.31. The number of nitrogens with one attached hydrogen (secondary N) is 1. The number of benzene rings is 1. The minimum Gasteiger partial charge on any atom is -0.311 e. The molecule has 1 aromatic heterocycles. The second-order valence-electron chi connectivity index (χ2n) is 4.49. The largest absolute Gasteiger partial charge is 0.311 e. The second kappa shape index (κ2) is 6.01. The van der Waals surface area contributed by atoms with Crippen LogP contribution < -0.4 is 5.32 Å². The van der Waals surface area contributed by atoms with Gasteiger partial charge in [-0.25, -0.2) is 9.37 Å². The van der Waals surface area contributed by atoms with Gasteiger partial charge in [-0.3, -0.25) is 9.59 Å². The third kappa shape index (κ3) is 3.08. The number of hydrogen-bond acceptors (Lipinski definition) is 3. The molecule has 0 saturated heterocycles. The number of pyridine rings is 1. The molecular formula is C15H12ClFN2O2. The van der Waals surface area contributed by atoms with E-state index in [-0.39, 0.29) is 22.9 Å². The molecule has 2 rings (SSSR count). The molecule has 0 unspecified atom stereocenters. The standard InChI is InChI=1S/C15H12ClFN2O2/c1-8-13(16)4-3-11(15(8)17)12-5-14(19-9(2)21)18-6-10(12)7-20/h3-7H,1-2H3,(H,18,19,21). The first-order valence-corrected chi connectivity index (χ1v) is 6.49. The maximum absolute atomic E-state index is 14.4. The molecular weight excluding hydrogens is 295 g/mol. The van der Waals surface area contributed by atoms with Crippen molar-refractivity contribution in [2.45, 2.75) is 13.8 Å². The predicted molar refractivity (Wildman–Crippen MR) is 79.1 cm³/mol. The number of halogens is 2. The van der Waals surface area contributed by atoms with Gasteiger partial charge in [0.1, 0.15) is 11.6 Å². The van der Waals surface area contributed by atoms with E-state index in [1.165, 1.54) is 25.3 Å². The number of hydrogen-bond donors (Lipinski definition) is 1. The number of rotatable bonds is 3. The van der Waals surface area contributed by atoms with Gasteiger partial charge in [-0.05, 0) is 25.1 Å². The minimum atomic E-state index is -0.509. The summed E-state index contributed by atoms with van der Waals surface area (Å²) in [6, 6.07) is 4.50. The fraction of sp³-hybridized carbons (Fsp3) is 0.133. The van der Waals surface area contributed by atoms with E-state index in [2.05, 4.69) is 10.3 Å². The van der Waals surface area contributed by atoms with Crippen LogP contribution in [0.1, 0.15) is 22.8 Å². The van der Waals surface area contributed by atoms with Crippen LogP contribution in [0.5, 0.6) is 0 Å². The van der Waals surface area contributed by atoms with Crippen LogP contribution >= 0.6 is 11.6 Å². The highest BCUT2D eigenvalue weighted by Crippen LogP contribution is 2.31. The summed E-state index contributed by atoms with van der Waals surface area (Å²) in [5.74, 6) is -0.569. The Labute approximate surface area is 126 Å². The molecule has 1 amide bonds. The Bertz CT molecular complexity index is 732. The summed E-state index contributed by atoms with van der Waals surface area (Å²) in [5, 5.41) is 2.80. The molecule has 1 N–H and O–H groups in total. The molecule has 4 nitrogen and oxygen atoms in total. The van der Waals surface area contributed by atoms with Crippen molar-refractivity contribution >= 4 is 29.6 Å². The Balaban J connectivity index is 2.63. The lowest BCUT2D eigenvalue weighted by Gasteiger charge is -2.11. The van der Waals surface area contributed by atoms with Gasteiger partial charge in [0.15, 0.2) is 6.29 Å². The number of aldehydes is 1. The summed E-state index contributed by atoms with van der Waals surface area (Å²) >= 11 is 5.87. The summed E-state index contributed by atoms with van der Waals surface area (Å²) in [6.45, 7) is 2.89. The average molecular weight is 307 g/mol. The number of amides is 1. The third-order valence-electron chi connectivity index (χ3n) is 2.98. The van der Waals surface area contributed by atoms with Gasteiger partial charge in [-0.15, -0.1) is 0 Å². The van der Waals surface area contributed by atoms with E-state index >= 15 is 0 Å². The van der Waals surface area contributed by atoms with Gasteiger partial charge in [0, 0.05) is 40.4 Å². The van der Waals surface area contributed by atoms with Gasteiger partial charge < -0.3 is 5.32 Å². The average Bonchev–Trinajstić information content (AvgIpc) is 2.44. The van der Waals surface area contributed by atoms with E-state index in [1.54, 1.807) is 13.0 Å². The van der Waals surface area contributed by atoms with Crippen molar-refractivity contribution in [2.75, 3.05) is 5.32 Å². The van der Waals surface area contributed by atoms with Crippen molar-refractivity contribution in [3.05, 3.63) is 46.4 Å². The Hall–Kier alpha value is -2.27. The highest BCUT2D eigenvalue weighted by atomic mass is 35.5. The van der Waals surface area contributed by atoms with E-state index in [0.29, 0.717) is 22.4 Å². The lowest BCUT2D eigenvalue weighted by molar-refractivity contribution is -0.114. The number of carbonyl (C=O) groups excluding carboxylic acids is 2. The summed E-state index contributed by atoms with van der Waals surface area (Å²) in [7, 11) is 0. The molecule has 0 bridgehead atoms. The molecule has 1 aromatic carbocycles. The number of anilines is 1. The zero-order valence-electron chi connectivity index (χ0n) is 11.4. The fourth-order valence-electron chi connectivity index (χ4n) is 1.91. The van der Waals surface area contributed by atoms with Crippen molar-refractivity contribution in [3.63, 3.8) is 0 Å². The van der Waals surface area contributed by atoms with Crippen LogP contribution in [0.2, 0.25) is 5.02 Å². The summed E-state index contributed by atoms with van der Waals surface area (Å²) in [4.78, 5) is 26.1. The van der Waals surface area contributed by atoms with E-state index in [4.69, 9.17) is 11.6 Å². The third-order valence-corrected chi connectivity index (χ3v) is 3.39. The van der Waals surface area contributed by atoms with E-state index in [9.17, 15) is 14.0 Å². The number of aromatic nitrogens is 1. The normalized spacial score (nSPS) is 10.3. The zero-order chi connectivity index (χ0) is 15.6. The lowest BCUT2D eigenvalue weighted by atomic mass is 9.99. The van der Waals surface area contributed by atoms with Crippen molar-refractivity contribution in [1.29, 1.82) is 0 Å². The Morgan fingerprint density at radius 2 is 2.10 bits per heavy atom. The van der Waals surface area contributed by atoms with Crippen LogP contribution in [0.3, 0.4) is 0 Å². The summed E-state index contributed by atoms with van der Waals surface area (Å²) in [5.41, 5.74) is 1.10. The topological polar surface area (TPSA) is 59.1 Å². The van der Waals surface area contributed by atoms with Gasteiger partial charge in [0.25, 0.3) is 0 Å². The Morgan fingerprint density at radius 3 is 2.71 bits per heavy atom. The van der Waals surface area contributed by atoms with E-state index < -0.39 is 5.82 Å². The van der Waals surface area contributed by atoms with Crippen LogP contribution in [0.25, 0.3) is 11.1 Å². The minimum absolute atomic E-state index is 0.227. The van der Waals surface area contributed by atoms with Crippen molar-refractivity contribution in [1.82, 2.24) is 4.98 Å². The first-order chi connectivity index (χ1) is 9.93. The fourth-order valence-corrected chi connectivity index (χ4v) is 2.06. The van der Waals surface area contributed by atoms with Crippen LogP contribution in [0.4, 0.5) is 10.2 Å². The summed E-state index contributed by atoms with van der Waals surface area (Å²) in [6.07, 6.45) is 1.88. The number of carbonyl (C=O) groups is 2. The molecule has 0 aliphatic rings. The molecule has 2 aromatic rings. The van der Waals surface area contributed by atoms with Gasteiger partial charge in [0.05, 0.1) is 0 Å². The van der Waals surface area contributed by atoms with Crippen LogP contribution in [0.15, 0.2) is 24.4 Å². The van der Waals surface area contributed by atoms with Gasteiger partial charge in [-0.1, -0.05) is 11.6 Å². The molecule has 0 aliphatic carbocycles. The Morgan fingerprint density at radius 1 is 1.38 bits per heavy atom. The van der Waals surface area contributed by atoms with Crippen molar-refractivity contribution in [2.24, 2.45) is 0 Å². The smallest absolute Gasteiger partial charge is 0.222 e. The number of nitrogens with zero attached hydrogens (tertiary/aromatic N) is 1. The second-order valence-corrected chi connectivity index (χ2v) is 4.90. The molecule has 0 radical (unpaired) electrons. The quantitative estimate of drug-likeness (QED) is 0.881.